The number of nitrogens with zero attached hydrogens (tertiary/aromatic N) is 1. The van der Waals surface area contributed by atoms with Crippen molar-refractivity contribution in [2.24, 2.45) is 0 Å². The van der Waals surface area contributed by atoms with Crippen molar-refractivity contribution in [1.82, 2.24) is 4.90 Å². The van der Waals surface area contributed by atoms with E-state index in [2.05, 4.69) is 54.7 Å². The summed E-state index contributed by atoms with van der Waals surface area (Å²) in [5.41, 5.74) is 2.82. The molecule has 0 bridgehead atoms. The molecule has 0 aromatic heterocycles. The molecule has 1 atom stereocenters. The largest absolute Gasteiger partial charge is 0.361 e. The van der Waals surface area contributed by atoms with E-state index >= 15 is 0 Å². The lowest BCUT2D eigenvalue weighted by Gasteiger charge is -2.38. The number of carbonyl (C=O) groups is 1. The average Bonchev–Trinajstić information content (AvgIpc) is 2.67. The number of hydrogen-bond acceptors (Lipinski definition) is 2. The van der Waals surface area contributed by atoms with Gasteiger partial charge in [-0.05, 0) is 29.3 Å². The van der Waals surface area contributed by atoms with Crippen molar-refractivity contribution in [3.05, 3.63) is 77.9 Å². The summed E-state index contributed by atoms with van der Waals surface area (Å²) in [7, 11) is 0. The van der Waals surface area contributed by atoms with Gasteiger partial charge < -0.3 is 10.2 Å². The molecule has 1 amide bonds. The summed E-state index contributed by atoms with van der Waals surface area (Å²) in [5, 5.41) is 5.99. The van der Waals surface area contributed by atoms with E-state index in [0.29, 0.717) is 0 Å². The molecule has 1 aliphatic heterocycles. The van der Waals surface area contributed by atoms with E-state index in [-0.39, 0.29) is 12.1 Å². The summed E-state index contributed by atoms with van der Waals surface area (Å²) < 4.78 is 0. The third-order valence-corrected chi connectivity index (χ3v) is 4.89. The van der Waals surface area contributed by atoms with E-state index in [1.54, 1.807) is 0 Å². The van der Waals surface area contributed by atoms with Gasteiger partial charge in [0.25, 0.3) is 5.91 Å². The molecular formula is C22H22N2O. The average molecular weight is 330 g/mol. The van der Waals surface area contributed by atoms with Gasteiger partial charge in [0.1, 0.15) is 6.17 Å². The summed E-state index contributed by atoms with van der Waals surface area (Å²) >= 11 is 0. The highest BCUT2D eigenvalue weighted by molar-refractivity contribution is 6.02. The van der Waals surface area contributed by atoms with Crippen LogP contribution in [0.2, 0.25) is 0 Å². The third-order valence-electron chi connectivity index (χ3n) is 4.89. The number of para-hydroxylation sites is 1. The van der Waals surface area contributed by atoms with Crippen LogP contribution >= 0.6 is 0 Å². The first-order valence-electron chi connectivity index (χ1n) is 8.94. The number of carbonyl (C=O) groups excluding carboxylic acids is 1. The number of unbranched alkanes of at least 4 members (excludes halogenated alkanes) is 1. The summed E-state index contributed by atoms with van der Waals surface area (Å²) in [6.07, 6.45) is 1.92. The lowest BCUT2D eigenvalue weighted by atomic mass is 9.98. The molecule has 0 saturated carbocycles. The Morgan fingerprint density at radius 3 is 2.60 bits per heavy atom. The summed E-state index contributed by atoms with van der Waals surface area (Å²) in [4.78, 5) is 15.1. The molecule has 0 fully saturated rings. The van der Waals surface area contributed by atoms with Gasteiger partial charge in [0.2, 0.25) is 0 Å². The fourth-order valence-corrected chi connectivity index (χ4v) is 3.59. The Morgan fingerprint density at radius 2 is 1.72 bits per heavy atom. The molecule has 0 saturated heterocycles. The minimum absolute atomic E-state index is 0.112. The minimum atomic E-state index is -0.139. The summed E-state index contributed by atoms with van der Waals surface area (Å²) in [6.45, 7) is 2.91. The third kappa shape index (κ3) is 2.76. The van der Waals surface area contributed by atoms with E-state index in [4.69, 9.17) is 0 Å². The summed E-state index contributed by atoms with van der Waals surface area (Å²) in [6, 6.07) is 22.5. The van der Waals surface area contributed by atoms with Crippen LogP contribution in [0.25, 0.3) is 10.8 Å². The number of rotatable bonds is 4. The Labute approximate surface area is 148 Å². The SMILES string of the molecule is CCCCN1C(=O)c2ccccc2NC1c1cccc2ccccc12. The molecule has 0 spiro atoms. The van der Waals surface area contributed by atoms with Crippen LogP contribution in [0.15, 0.2) is 66.7 Å². The van der Waals surface area contributed by atoms with Gasteiger partial charge in [-0.25, -0.2) is 0 Å². The molecule has 0 aliphatic carbocycles. The molecule has 3 aromatic carbocycles. The van der Waals surface area contributed by atoms with Crippen LogP contribution in [0.5, 0.6) is 0 Å². The van der Waals surface area contributed by atoms with Gasteiger partial charge in [0, 0.05) is 17.8 Å². The van der Waals surface area contributed by atoms with E-state index in [0.717, 1.165) is 36.2 Å². The Morgan fingerprint density at radius 1 is 0.960 bits per heavy atom. The van der Waals surface area contributed by atoms with Crippen LogP contribution in [0, 0.1) is 0 Å². The van der Waals surface area contributed by atoms with Crippen molar-refractivity contribution in [2.45, 2.75) is 25.9 Å². The zero-order chi connectivity index (χ0) is 17.2. The first-order chi connectivity index (χ1) is 12.3. The second-order valence-corrected chi connectivity index (χ2v) is 6.51. The molecule has 1 N–H and O–H groups in total. The second kappa shape index (κ2) is 6.60. The molecule has 0 radical (unpaired) electrons. The fraction of sp³-hybridized carbons (Fsp3) is 0.227. The molecule has 4 rings (SSSR count). The van der Waals surface area contributed by atoms with Crippen molar-refractivity contribution in [1.29, 1.82) is 0 Å². The van der Waals surface area contributed by atoms with Gasteiger partial charge >= 0.3 is 0 Å². The minimum Gasteiger partial charge on any atom is -0.361 e. The molecule has 25 heavy (non-hydrogen) atoms. The van der Waals surface area contributed by atoms with Gasteiger partial charge in [0.05, 0.1) is 5.56 Å². The maximum Gasteiger partial charge on any atom is 0.257 e. The number of fused-ring (bicyclic) bond motifs is 2. The Hall–Kier alpha value is -2.81. The highest BCUT2D eigenvalue weighted by Crippen LogP contribution is 2.36. The maximum absolute atomic E-state index is 13.1. The normalized spacial score (nSPS) is 16.6. The van der Waals surface area contributed by atoms with Gasteiger partial charge in [-0.2, -0.15) is 0 Å². The second-order valence-electron chi connectivity index (χ2n) is 6.51. The molecule has 3 aromatic rings. The van der Waals surface area contributed by atoms with Gasteiger partial charge in [0.15, 0.2) is 0 Å². The lowest BCUT2D eigenvalue weighted by molar-refractivity contribution is 0.0681. The van der Waals surface area contributed by atoms with Crippen LogP contribution in [0.4, 0.5) is 5.69 Å². The molecular weight excluding hydrogens is 308 g/mol. The van der Waals surface area contributed by atoms with Crippen LogP contribution in [-0.2, 0) is 0 Å². The van der Waals surface area contributed by atoms with Crippen molar-refractivity contribution in [3.8, 4) is 0 Å². The molecule has 126 valence electrons. The first kappa shape index (κ1) is 15.7. The standard InChI is InChI=1S/C22H22N2O/c1-2-3-15-24-21(23-20-14-7-6-12-19(20)22(24)25)18-13-8-10-16-9-4-5-11-17(16)18/h4-14,21,23H,2-3,15H2,1H3. The van der Waals surface area contributed by atoms with Crippen molar-refractivity contribution >= 4 is 22.4 Å². The summed E-state index contributed by atoms with van der Waals surface area (Å²) in [5.74, 6) is 0.112. The molecule has 1 heterocycles. The van der Waals surface area contributed by atoms with E-state index in [9.17, 15) is 4.79 Å². The van der Waals surface area contributed by atoms with Gasteiger partial charge in [-0.15, -0.1) is 0 Å². The Balaban J connectivity index is 1.84. The van der Waals surface area contributed by atoms with Crippen molar-refractivity contribution < 1.29 is 4.79 Å². The Kier molecular flexibility index (Phi) is 4.14. The molecule has 1 unspecified atom stereocenters. The van der Waals surface area contributed by atoms with Crippen LogP contribution < -0.4 is 5.32 Å². The Bertz CT molecular complexity index is 913. The van der Waals surface area contributed by atoms with Gasteiger partial charge in [-0.1, -0.05) is 67.9 Å². The molecule has 3 heteroatoms. The van der Waals surface area contributed by atoms with E-state index in [1.807, 2.05) is 29.2 Å². The van der Waals surface area contributed by atoms with Crippen LogP contribution in [0.3, 0.4) is 0 Å². The highest BCUT2D eigenvalue weighted by atomic mass is 16.2. The number of amides is 1. The maximum atomic E-state index is 13.1. The number of benzene rings is 3. The van der Waals surface area contributed by atoms with Gasteiger partial charge in [-0.3, -0.25) is 4.79 Å². The zero-order valence-corrected chi connectivity index (χ0v) is 14.4. The molecule has 1 aliphatic rings. The van der Waals surface area contributed by atoms with E-state index < -0.39 is 0 Å². The number of anilines is 1. The highest BCUT2D eigenvalue weighted by Gasteiger charge is 2.32. The monoisotopic (exact) mass is 330 g/mol. The fourth-order valence-electron chi connectivity index (χ4n) is 3.59. The van der Waals surface area contributed by atoms with Crippen molar-refractivity contribution in [2.75, 3.05) is 11.9 Å². The lowest BCUT2D eigenvalue weighted by Crippen LogP contribution is -2.43. The predicted octanol–water partition coefficient (Wildman–Crippen LogP) is 5.21. The smallest absolute Gasteiger partial charge is 0.257 e. The molecule has 3 nitrogen and oxygen atoms in total. The van der Waals surface area contributed by atoms with E-state index in [1.165, 1.54) is 10.8 Å². The predicted molar refractivity (Wildman–Crippen MR) is 103 cm³/mol. The number of hydrogen-bond donors (Lipinski definition) is 1. The quantitative estimate of drug-likeness (QED) is 0.712. The first-order valence-corrected chi connectivity index (χ1v) is 8.94. The van der Waals surface area contributed by atoms with Crippen LogP contribution in [0.1, 0.15) is 41.9 Å². The van der Waals surface area contributed by atoms with Crippen molar-refractivity contribution in [3.63, 3.8) is 0 Å². The zero-order valence-electron chi connectivity index (χ0n) is 14.4. The number of nitrogens with one attached hydrogen (secondary N) is 1. The topological polar surface area (TPSA) is 32.3 Å². The van der Waals surface area contributed by atoms with Crippen LogP contribution in [-0.4, -0.2) is 17.4 Å².